The molecule has 0 aliphatic rings. The fraction of sp³-hybridized carbons (Fsp3) is 0.455. The second kappa shape index (κ2) is 7.01. The number of nitrogens with zero attached hydrogens (tertiary/aromatic N) is 1. The molecule has 108 valence electrons. The first-order valence-electron chi connectivity index (χ1n) is 5.52. The molecule has 8 heteroatoms. The lowest BCUT2D eigenvalue weighted by atomic mass is 10.2. The minimum Gasteiger partial charge on any atom is -0.395 e. The Morgan fingerprint density at radius 1 is 1.26 bits per heavy atom. The molecule has 0 saturated heterocycles. The van der Waals surface area contributed by atoms with Crippen molar-refractivity contribution in [1.29, 1.82) is 0 Å². The summed E-state index contributed by atoms with van der Waals surface area (Å²) in [7, 11) is -3.81. The maximum Gasteiger partial charge on any atom is 0.244 e. The Bertz CT molecular complexity index is 544. The monoisotopic (exact) mass is 371 g/mol. The van der Waals surface area contributed by atoms with E-state index >= 15 is 0 Å². The molecule has 0 spiro atoms. The molecular formula is C11H15BrClNO4S. The summed E-state index contributed by atoms with van der Waals surface area (Å²) < 4.78 is 26.2. The van der Waals surface area contributed by atoms with Crippen LogP contribution >= 0.6 is 27.5 Å². The van der Waals surface area contributed by atoms with Crippen LogP contribution in [0.2, 0.25) is 5.02 Å². The zero-order valence-corrected chi connectivity index (χ0v) is 13.5. The number of sulfonamides is 1. The van der Waals surface area contributed by atoms with Gasteiger partial charge in [-0.15, -0.1) is 0 Å². The number of aliphatic hydroxyl groups excluding tert-OH is 2. The van der Waals surface area contributed by atoms with Crippen LogP contribution in [0.15, 0.2) is 21.5 Å². The highest BCUT2D eigenvalue weighted by Crippen LogP contribution is 2.30. The molecule has 0 amide bonds. The molecule has 0 fully saturated rings. The molecular weight excluding hydrogens is 358 g/mol. The average molecular weight is 373 g/mol. The lowest BCUT2D eigenvalue weighted by Crippen LogP contribution is -2.36. The van der Waals surface area contributed by atoms with Crippen LogP contribution in [-0.2, 0) is 10.0 Å². The van der Waals surface area contributed by atoms with Crippen molar-refractivity contribution in [2.45, 2.75) is 11.8 Å². The summed E-state index contributed by atoms with van der Waals surface area (Å²) in [5.41, 5.74) is 0.753. The van der Waals surface area contributed by atoms with E-state index in [1.165, 1.54) is 6.07 Å². The first-order chi connectivity index (χ1) is 8.84. The Hall–Kier alpha value is -0.180. The molecule has 0 saturated carbocycles. The van der Waals surface area contributed by atoms with E-state index in [9.17, 15) is 8.42 Å². The molecule has 0 atom stereocenters. The highest BCUT2D eigenvalue weighted by Gasteiger charge is 2.26. The van der Waals surface area contributed by atoms with E-state index in [1.807, 2.05) is 0 Å². The smallest absolute Gasteiger partial charge is 0.244 e. The third-order valence-corrected chi connectivity index (χ3v) is 5.79. The van der Waals surface area contributed by atoms with Crippen LogP contribution in [0.3, 0.4) is 0 Å². The van der Waals surface area contributed by atoms with Crippen molar-refractivity contribution in [3.8, 4) is 0 Å². The third kappa shape index (κ3) is 3.90. The van der Waals surface area contributed by atoms with Gasteiger partial charge in [-0.25, -0.2) is 8.42 Å². The third-order valence-electron chi connectivity index (χ3n) is 2.53. The van der Waals surface area contributed by atoms with Crippen molar-refractivity contribution in [2.24, 2.45) is 0 Å². The molecule has 1 rings (SSSR count). The predicted molar refractivity (Wildman–Crippen MR) is 76.8 cm³/mol. The molecule has 19 heavy (non-hydrogen) atoms. The predicted octanol–water partition coefficient (Wildman–Crippen LogP) is 1.39. The number of hydrogen-bond acceptors (Lipinski definition) is 4. The number of hydrogen-bond donors (Lipinski definition) is 2. The van der Waals surface area contributed by atoms with Crippen molar-refractivity contribution in [3.05, 3.63) is 27.2 Å². The zero-order valence-electron chi connectivity index (χ0n) is 10.3. The van der Waals surface area contributed by atoms with E-state index in [0.29, 0.717) is 9.50 Å². The van der Waals surface area contributed by atoms with Gasteiger partial charge in [0.05, 0.1) is 18.1 Å². The van der Waals surface area contributed by atoms with Gasteiger partial charge < -0.3 is 10.2 Å². The van der Waals surface area contributed by atoms with Gasteiger partial charge in [0.15, 0.2) is 0 Å². The van der Waals surface area contributed by atoms with Gasteiger partial charge >= 0.3 is 0 Å². The number of halogens is 2. The van der Waals surface area contributed by atoms with Crippen molar-refractivity contribution < 1.29 is 18.6 Å². The Morgan fingerprint density at radius 2 is 1.79 bits per heavy atom. The summed E-state index contributed by atoms with van der Waals surface area (Å²) in [6.45, 7) is 0.956. The molecule has 0 aromatic heterocycles. The van der Waals surface area contributed by atoms with Crippen LogP contribution in [0.4, 0.5) is 0 Å². The minimum absolute atomic E-state index is 0.0185. The maximum atomic E-state index is 12.4. The molecule has 5 nitrogen and oxygen atoms in total. The molecule has 0 aliphatic carbocycles. The zero-order chi connectivity index (χ0) is 14.6. The summed E-state index contributed by atoms with van der Waals surface area (Å²) in [5, 5.41) is 18.2. The molecule has 0 aliphatic heterocycles. The number of benzene rings is 1. The molecule has 0 radical (unpaired) electrons. The normalized spacial score (nSPS) is 12.1. The largest absolute Gasteiger partial charge is 0.395 e. The summed E-state index contributed by atoms with van der Waals surface area (Å²) in [6.07, 6.45) is 0. The first-order valence-corrected chi connectivity index (χ1v) is 8.13. The Kier molecular flexibility index (Phi) is 6.22. The van der Waals surface area contributed by atoms with Crippen LogP contribution in [-0.4, -0.2) is 49.2 Å². The Balaban J connectivity index is 3.28. The van der Waals surface area contributed by atoms with Gasteiger partial charge in [-0.05, 0) is 40.5 Å². The van der Waals surface area contributed by atoms with Gasteiger partial charge in [0, 0.05) is 22.6 Å². The molecule has 0 unspecified atom stereocenters. The molecule has 1 aromatic rings. The van der Waals surface area contributed by atoms with Crippen LogP contribution < -0.4 is 0 Å². The minimum atomic E-state index is -3.81. The molecule has 2 N–H and O–H groups in total. The highest BCUT2D eigenvalue weighted by molar-refractivity contribution is 9.10. The fourth-order valence-electron chi connectivity index (χ4n) is 1.54. The Morgan fingerprint density at radius 3 is 2.26 bits per heavy atom. The van der Waals surface area contributed by atoms with E-state index in [4.69, 9.17) is 21.8 Å². The summed E-state index contributed by atoms with van der Waals surface area (Å²) in [5.74, 6) is 0. The van der Waals surface area contributed by atoms with Gasteiger partial charge in [0.1, 0.15) is 0 Å². The molecule has 0 bridgehead atoms. The Labute approximate surface area is 126 Å². The standard InChI is InChI=1S/C11H15BrClNO4S/c1-8-6-9(12)11(7-10(8)13)19(17,18)14(2-4-15)3-5-16/h6-7,15-16H,2-5H2,1H3. The quantitative estimate of drug-likeness (QED) is 0.791. The maximum absolute atomic E-state index is 12.4. The first kappa shape index (κ1) is 16.9. The number of aryl methyl sites for hydroxylation is 1. The summed E-state index contributed by atoms with van der Waals surface area (Å²) >= 11 is 9.15. The SMILES string of the molecule is Cc1cc(Br)c(S(=O)(=O)N(CCO)CCO)cc1Cl. The van der Waals surface area contributed by atoms with Crippen molar-refractivity contribution in [1.82, 2.24) is 4.31 Å². The van der Waals surface area contributed by atoms with Crippen LogP contribution in [0.1, 0.15) is 5.56 Å². The van der Waals surface area contributed by atoms with Crippen LogP contribution in [0, 0.1) is 6.92 Å². The van der Waals surface area contributed by atoms with E-state index in [1.54, 1.807) is 13.0 Å². The topological polar surface area (TPSA) is 77.8 Å². The van der Waals surface area contributed by atoms with E-state index in [0.717, 1.165) is 9.87 Å². The van der Waals surface area contributed by atoms with Gasteiger partial charge in [-0.2, -0.15) is 4.31 Å². The molecule has 1 aromatic carbocycles. The fourth-order valence-corrected chi connectivity index (χ4v) is 4.33. The van der Waals surface area contributed by atoms with E-state index in [-0.39, 0.29) is 31.2 Å². The van der Waals surface area contributed by atoms with Gasteiger partial charge in [0.2, 0.25) is 10.0 Å². The lowest BCUT2D eigenvalue weighted by molar-refractivity contribution is 0.217. The second-order valence-corrected chi connectivity index (χ2v) is 7.05. The molecule has 0 heterocycles. The summed E-state index contributed by atoms with van der Waals surface area (Å²) in [6, 6.07) is 2.98. The highest BCUT2D eigenvalue weighted by atomic mass is 79.9. The van der Waals surface area contributed by atoms with Gasteiger partial charge in [0.25, 0.3) is 0 Å². The van der Waals surface area contributed by atoms with Gasteiger partial charge in [-0.3, -0.25) is 0 Å². The lowest BCUT2D eigenvalue weighted by Gasteiger charge is -2.21. The second-order valence-electron chi connectivity index (χ2n) is 3.88. The van der Waals surface area contributed by atoms with Crippen molar-refractivity contribution in [2.75, 3.05) is 26.3 Å². The number of rotatable bonds is 6. The average Bonchev–Trinajstić information content (AvgIpc) is 2.33. The van der Waals surface area contributed by atoms with E-state index < -0.39 is 10.0 Å². The number of aliphatic hydroxyl groups is 2. The summed E-state index contributed by atoms with van der Waals surface area (Å²) in [4.78, 5) is 0.0185. The van der Waals surface area contributed by atoms with Crippen LogP contribution in [0.25, 0.3) is 0 Å². The van der Waals surface area contributed by atoms with Gasteiger partial charge in [-0.1, -0.05) is 11.6 Å². The van der Waals surface area contributed by atoms with E-state index in [2.05, 4.69) is 15.9 Å². The van der Waals surface area contributed by atoms with Crippen molar-refractivity contribution >= 4 is 37.6 Å². The van der Waals surface area contributed by atoms with Crippen molar-refractivity contribution in [3.63, 3.8) is 0 Å². The van der Waals surface area contributed by atoms with Crippen LogP contribution in [0.5, 0.6) is 0 Å².